The monoisotopic (exact) mass is 441 g/mol. The van der Waals surface area contributed by atoms with Gasteiger partial charge in [-0.15, -0.1) is 0 Å². The van der Waals surface area contributed by atoms with Crippen molar-refractivity contribution < 1.29 is 4.79 Å². The summed E-state index contributed by atoms with van der Waals surface area (Å²) in [5, 5.41) is 1.17. The average Bonchev–Trinajstić information content (AvgIpc) is 2.87. The second-order valence-electron chi connectivity index (χ2n) is 8.87. The van der Waals surface area contributed by atoms with Gasteiger partial charge in [-0.05, 0) is 41.8 Å². The maximum atomic E-state index is 12.5. The van der Waals surface area contributed by atoms with E-state index in [1.54, 1.807) is 0 Å². The first-order chi connectivity index (χ1) is 16.2. The van der Waals surface area contributed by atoms with Crippen molar-refractivity contribution in [2.45, 2.75) is 45.4 Å². The number of amides is 1. The van der Waals surface area contributed by atoms with Crippen molar-refractivity contribution in [3.05, 3.63) is 71.9 Å². The molecule has 172 valence electrons. The molecule has 4 heteroatoms. The lowest BCUT2D eigenvalue weighted by Crippen LogP contribution is -2.48. The Labute approximate surface area is 197 Å². The fourth-order valence-electron chi connectivity index (χ4n) is 4.50. The van der Waals surface area contributed by atoms with E-state index in [0.717, 1.165) is 38.1 Å². The Balaban J connectivity index is 1.28. The smallest absolute Gasteiger partial charge is 0.222 e. The van der Waals surface area contributed by atoms with E-state index in [9.17, 15) is 4.79 Å². The molecule has 0 unspecified atom stereocenters. The summed E-state index contributed by atoms with van der Waals surface area (Å²) in [6, 6.07) is 19.0. The lowest BCUT2D eigenvalue weighted by Gasteiger charge is -2.36. The molecule has 0 saturated carbocycles. The number of para-hydroxylation sites is 1. The number of anilines is 1. The van der Waals surface area contributed by atoms with Crippen molar-refractivity contribution in [2.24, 2.45) is 0 Å². The van der Waals surface area contributed by atoms with Crippen molar-refractivity contribution in [1.29, 1.82) is 0 Å². The van der Waals surface area contributed by atoms with E-state index in [1.165, 1.54) is 47.9 Å². The van der Waals surface area contributed by atoms with Crippen LogP contribution in [0.2, 0.25) is 0 Å². The molecule has 33 heavy (non-hydrogen) atoms. The topological polar surface area (TPSA) is 36.4 Å². The van der Waals surface area contributed by atoms with Gasteiger partial charge in [0.05, 0.1) is 5.52 Å². The SMILES string of the molecule is CCCCCCCC(=O)N1CCN(c2ccc(C=Cc3ccnc4ccccc34)cc2)CC1. The number of pyridine rings is 1. The predicted octanol–water partition coefficient (Wildman–Crippen LogP) is 6.41. The quantitative estimate of drug-likeness (QED) is 0.360. The zero-order valence-corrected chi connectivity index (χ0v) is 19.7. The molecule has 2 heterocycles. The number of unbranched alkanes of at least 4 members (excludes halogenated alkanes) is 4. The van der Waals surface area contributed by atoms with Gasteiger partial charge >= 0.3 is 0 Å². The summed E-state index contributed by atoms with van der Waals surface area (Å²) in [5.41, 5.74) is 4.60. The number of carbonyl (C=O) groups excluding carboxylic acids is 1. The third-order valence-corrected chi connectivity index (χ3v) is 6.52. The minimum Gasteiger partial charge on any atom is -0.368 e. The molecule has 4 nitrogen and oxygen atoms in total. The fourth-order valence-corrected chi connectivity index (χ4v) is 4.50. The van der Waals surface area contributed by atoms with Crippen LogP contribution < -0.4 is 4.90 Å². The van der Waals surface area contributed by atoms with E-state index in [-0.39, 0.29) is 0 Å². The Bertz CT molecular complexity index is 1060. The van der Waals surface area contributed by atoms with Crippen LogP contribution in [0.4, 0.5) is 5.69 Å². The second kappa shape index (κ2) is 11.6. The number of piperazine rings is 1. The molecule has 0 spiro atoms. The number of hydrogen-bond donors (Lipinski definition) is 0. The molecule has 1 aromatic heterocycles. The number of benzene rings is 2. The van der Waals surface area contributed by atoms with E-state index in [4.69, 9.17) is 0 Å². The van der Waals surface area contributed by atoms with Crippen molar-refractivity contribution in [3.8, 4) is 0 Å². The maximum Gasteiger partial charge on any atom is 0.222 e. The molecule has 1 saturated heterocycles. The molecule has 1 fully saturated rings. The highest BCUT2D eigenvalue weighted by Gasteiger charge is 2.20. The molecule has 0 radical (unpaired) electrons. The van der Waals surface area contributed by atoms with Crippen LogP contribution in [0, 0.1) is 0 Å². The molecule has 4 rings (SSSR count). The molecule has 1 amide bonds. The summed E-state index contributed by atoms with van der Waals surface area (Å²) in [6.45, 7) is 5.67. The zero-order chi connectivity index (χ0) is 22.9. The molecule has 1 aliphatic rings. The molecule has 0 atom stereocenters. The molecule has 1 aliphatic heterocycles. The van der Waals surface area contributed by atoms with Gasteiger partial charge in [0.2, 0.25) is 5.91 Å². The van der Waals surface area contributed by atoms with Gasteiger partial charge in [-0.1, -0.05) is 75.1 Å². The number of carbonyl (C=O) groups is 1. The molecular formula is C29H35N3O. The van der Waals surface area contributed by atoms with Crippen molar-refractivity contribution in [2.75, 3.05) is 31.1 Å². The Hall–Kier alpha value is -3.14. The molecule has 3 aromatic rings. The summed E-state index contributed by atoms with van der Waals surface area (Å²) in [6.07, 6.45) is 12.9. The van der Waals surface area contributed by atoms with Crippen LogP contribution in [-0.4, -0.2) is 42.0 Å². The van der Waals surface area contributed by atoms with Crippen LogP contribution in [0.3, 0.4) is 0 Å². The average molecular weight is 442 g/mol. The number of aromatic nitrogens is 1. The highest BCUT2D eigenvalue weighted by molar-refractivity contribution is 5.90. The number of fused-ring (bicyclic) bond motifs is 1. The van der Waals surface area contributed by atoms with E-state index >= 15 is 0 Å². The van der Waals surface area contributed by atoms with Gasteiger partial charge in [0.25, 0.3) is 0 Å². The van der Waals surface area contributed by atoms with Gasteiger partial charge in [0.15, 0.2) is 0 Å². The molecular weight excluding hydrogens is 406 g/mol. The number of rotatable bonds is 9. The lowest BCUT2D eigenvalue weighted by molar-refractivity contribution is -0.131. The van der Waals surface area contributed by atoms with Crippen LogP contribution in [0.5, 0.6) is 0 Å². The summed E-state index contributed by atoms with van der Waals surface area (Å²) >= 11 is 0. The van der Waals surface area contributed by atoms with Gasteiger partial charge in [-0.2, -0.15) is 0 Å². The summed E-state index contributed by atoms with van der Waals surface area (Å²) < 4.78 is 0. The summed E-state index contributed by atoms with van der Waals surface area (Å²) in [5.74, 6) is 0.329. The summed E-state index contributed by atoms with van der Waals surface area (Å²) in [7, 11) is 0. The summed E-state index contributed by atoms with van der Waals surface area (Å²) in [4.78, 5) is 21.4. The zero-order valence-electron chi connectivity index (χ0n) is 19.7. The van der Waals surface area contributed by atoms with Crippen molar-refractivity contribution in [1.82, 2.24) is 9.88 Å². The third kappa shape index (κ3) is 6.22. The molecule has 0 aliphatic carbocycles. The Kier molecular flexibility index (Phi) is 8.13. The molecule has 0 bridgehead atoms. The number of nitrogens with zero attached hydrogens (tertiary/aromatic N) is 3. The van der Waals surface area contributed by atoms with Gasteiger partial charge < -0.3 is 9.80 Å². The predicted molar refractivity (Wildman–Crippen MR) is 139 cm³/mol. The van der Waals surface area contributed by atoms with Gasteiger partial charge in [-0.25, -0.2) is 0 Å². The van der Waals surface area contributed by atoms with Crippen LogP contribution >= 0.6 is 0 Å². The first-order valence-corrected chi connectivity index (χ1v) is 12.4. The van der Waals surface area contributed by atoms with Gasteiger partial charge in [-0.3, -0.25) is 9.78 Å². The van der Waals surface area contributed by atoms with Crippen LogP contribution in [0.1, 0.15) is 56.6 Å². The standard InChI is InChI=1S/C29H35N3O/c1-2-3-4-5-6-11-29(33)32-22-20-31(21-23-32)26-16-13-24(14-17-26)12-15-25-18-19-30-28-10-8-7-9-27(25)28/h7-10,12-19H,2-6,11,20-23H2,1H3. The maximum absolute atomic E-state index is 12.5. The van der Waals surface area contributed by atoms with Gasteiger partial charge in [0.1, 0.15) is 0 Å². The van der Waals surface area contributed by atoms with E-state index in [2.05, 4.69) is 71.4 Å². The molecule has 0 N–H and O–H groups in total. The van der Waals surface area contributed by atoms with Crippen molar-refractivity contribution in [3.63, 3.8) is 0 Å². The van der Waals surface area contributed by atoms with Crippen LogP contribution in [0.15, 0.2) is 60.8 Å². The normalized spacial score (nSPS) is 14.3. The van der Waals surface area contributed by atoms with Gasteiger partial charge in [0, 0.05) is 49.9 Å². The molecule has 2 aromatic carbocycles. The number of hydrogen-bond acceptors (Lipinski definition) is 3. The van der Waals surface area contributed by atoms with E-state index in [1.807, 2.05) is 23.2 Å². The highest BCUT2D eigenvalue weighted by Crippen LogP contribution is 2.21. The first kappa shape index (κ1) is 23.0. The minimum atomic E-state index is 0.329. The fraction of sp³-hybridized carbons (Fsp3) is 0.379. The Morgan fingerprint density at radius 1 is 0.879 bits per heavy atom. The highest BCUT2D eigenvalue weighted by atomic mass is 16.2. The van der Waals surface area contributed by atoms with Crippen molar-refractivity contribution >= 4 is 34.6 Å². The first-order valence-electron chi connectivity index (χ1n) is 12.4. The van der Waals surface area contributed by atoms with Crippen LogP contribution in [0.25, 0.3) is 23.1 Å². The lowest BCUT2D eigenvalue weighted by atomic mass is 10.1. The second-order valence-corrected chi connectivity index (χ2v) is 8.87. The minimum absolute atomic E-state index is 0.329. The Morgan fingerprint density at radius 2 is 1.64 bits per heavy atom. The van der Waals surface area contributed by atoms with E-state index in [0.29, 0.717) is 12.3 Å². The van der Waals surface area contributed by atoms with Crippen LogP contribution in [-0.2, 0) is 4.79 Å². The third-order valence-electron chi connectivity index (χ3n) is 6.52. The Morgan fingerprint density at radius 3 is 2.42 bits per heavy atom. The largest absolute Gasteiger partial charge is 0.368 e. The van der Waals surface area contributed by atoms with E-state index < -0.39 is 0 Å².